The van der Waals surface area contributed by atoms with Crippen molar-refractivity contribution >= 4 is 5.97 Å². The molecule has 112 valence electrons. The van der Waals surface area contributed by atoms with Crippen molar-refractivity contribution in [1.82, 2.24) is 5.32 Å². The number of hydrogen-bond donors (Lipinski definition) is 1. The molecule has 0 aliphatic heterocycles. The van der Waals surface area contributed by atoms with Crippen molar-refractivity contribution < 1.29 is 19.0 Å². The highest BCUT2D eigenvalue weighted by molar-refractivity contribution is 5.71. The number of hydrogen-bond acceptors (Lipinski definition) is 5. The summed E-state index contributed by atoms with van der Waals surface area (Å²) in [5.41, 5.74) is 1.00. The Kier molecular flexibility index (Phi) is 7.69. The molecule has 1 aromatic rings. The molecule has 1 aromatic carbocycles. The first-order chi connectivity index (χ1) is 9.63. The summed E-state index contributed by atoms with van der Waals surface area (Å²) in [4.78, 5) is 11.5. The molecule has 0 fully saturated rings. The van der Waals surface area contributed by atoms with Crippen molar-refractivity contribution in [3.63, 3.8) is 0 Å². The molecule has 0 amide bonds. The molecule has 0 atom stereocenters. The fraction of sp³-hybridized carbons (Fsp3) is 0.533. The van der Waals surface area contributed by atoms with Gasteiger partial charge < -0.3 is 19.5 Å². The van der Waals surface area contributed by atoms with Gasteiger partial charge in [-0.2, -0.15) is 0 Å². The quantitative estimate of drug-likeness (QED) is 0.552. The van der Waals surface area contributed by atoms with Crippen molar-refractivity contribution in [2.45, 2.75) is 26.5 Å². The second-order valence-electron chi connectivity index (χ2n) is 4.60. The Morgan fingerprint density at radius 2 is 2.05 bits per heavy atom. The smallest absolute Gasteiger partial charge is 0.344 e. The molecule has 1 N–H and O–H groups in total. The Bertz CT molecular complexity index is 407. The summed E-state index contributed by atoms with van der Waals surface area (Å²) < 4.78 is 15.5. The van der Waals surface area contributed by atoms with Crippen molar-refractivity contribution in [3.05, 3.63) is 29.8 Å². The molecule has 0 spiro atoms. The first-order valence-electron chi connectivity index (χ1n) is 6.73. The van der Waals surface area contributed by atoms with Crippen LogP contribution in [0.15, 0.2) is 24.3 Å². The molecule has 0 bridgehead atoms. The van der Waals surface area contributed by atoms with Crippen LogP contribution in [0.3, 0.4) is 0 Å². The summed E-state index contributed by atoms with van der Waals surface area (Å²) in [6.45, 7) is 5.63. The fourth-order valence-corrected chi connectivity index (χ4v) is 1.62. The number of para-hydroxylation sites is 1. The Labute approximate surface area is 120 Å². The van der Waals surface area contributed by atoms with E-state index in [9.17, 15) is 4.79 Å². The van der Waals surface area contributed by atoms with Crippen LogP contribution in [0.1, 0.15) is 19.4 Å². The van der Waals surface area contributed by atoms with E-state index in [2.05, 4.69) is 5.32 Å². The van der Waals surface area contributed by atoms with Gasteiger partial charge >= 0.3 is 5.97 Å². The van der Waals surface area contributed by atoms with Crippen LogP contribution in [0.4, 0.5) is 0 Å². The molecule has 0 radical (unpaired) electrons. The third-order valence-corrected chi connectivity index (χ3v) is 2.48. The number of nitrogens with one attached hydrogen (secondary N) is 1. The second kappa shape index (κ2) is 9.34. The van der Waals surface area contributed by atoms with Crippen LogP contribution in [0.25, 0.3) is 0 Å². The molecule has 0 aliphatic carbocycles. The lowest BCUT2D eigenvalue weighted by Crippen LogP contribution is -2.21. The van der Waals surface area contributed by atoms with E-state index in [4.69, 9.17) is 14.2 Å². The molecular weight excluding hydrogens is 258 g/mol. The van der Waals surface area contributed by atoms with Gasteiger partial charge in [-0.3, -0.25) is 0 Å². The molecule has 1 rings (SSSR count). The normalized spacial score (nSPS) is 10.6. The highest BCUT2D eigenvalue weighted by atomic mass is 16.6. The maximum atomic E-state index is 11.5. The number of rotatable bonds is 9. The summed E-state index contributed by atoms with van der Waals surface area (Å²) in [6, 6.07) is 7.62. The third kappa shape index (κ3) is 6.54. The van der Waals surface area contributed by atoms with Gasteiger partial charge in [0.1, 0.15) is 5.75 Å². The molecule has 0 aliphatic rings. The molecule has 20 heavy (non-hydrogen) atoms. The molecule has 0 aromatic heterocycles. The van der Waals surface area contributed by atoms with Crippen molar-refractivity contribution in [2.75, 3.05) is 26.9 Å². The zero-order valence-corrected chi connectivity index (χ0v) is 12.3. The minimum atomic E-state index is -0.359. The summed E-state index contributed by atoms with van der Waals surface area (Å²) in [5.74, 6) is 0.334. The van der Waals surface area contributed by atoms with E-state index in [-0.39, 0.29) is 18.7 Å². The number of esters is 1. The highest BCUT2D eigenvalue weighted by Crippen LogP contribution is 2.17. The lowest BCUT2D eigenvalue weighted by Gasteiger charge is -2.13. The van der Waals surface area contributed by atoms with Crippen LogP contribution >= 0.6 is 0 Å². The van der Waals surface area contributed by atoms with Crippen LogP contribution in [0.5, 0.6) is 5.75 Å². The van der Waals surface area contributed by atoms with E-state index in [0.29, 0.717) is 18.9 Å². The molecule has 0 unspecified atom stereocenters. The average Bonchev–Trinajstić information content (AvgIpc) is 2.41. The van der Waals surface area contributed by atoms with Gasteiger partial charge in [0.2, 0.25) is 0 Å². The number of methoxy groups -OCH3 is 1. The number of carbonyl (C=O) groups excluding carboxylic acids is 1. The first-order valence-corrected chi connectivity index (χ1v) is 6.73. The Hall–Kier alpha value is -1.59. The monoisotopic (exact) mass is 281 g/mol. The first kappa shape index (κ1) is 16.5. The van der Waals surface area contributed by atoms with Gasteiger partial charge in [0.05, 0.1) is 12.7 Å². The fourth-order valence-electron chi connectivity index (χ4n) is 1.62. The number of carbonyl (C=O) groups is 1. The molecule has 5 heteroatoms. The zero-order valence-electron chi connectivity index (χ0n) is 12.3. The largest absolute Gasteiger partial charge is 0.482 e. The van der Waals surface area contributed by atoms with E-state index in [1.54, 1.807) is 7.11 Å². The molecule has 0 saturated heterocycles. The maximum absolute atomic E-state index is 11.5. The van der Waals surface area contributed by atoms with Crippen LogP contribution < -0.4 is 10.1 Å². The Balaban J connectivity index is 2.46. The molecule has 0 saturated carbocycles. The van der Waals surface area contributed by atoms with Gasteiger partial charge in [-0.25, -0.2) is 4.79 Å². The summed E-state index contributed by atoms with van der Waals surface area (Å²) >= 11 is 0. The molecule has 5 nitrogen and oxygen atoms in total. The van der Waals surface area contributed by atoms with E-state index in [1.165, 1.54) is 0 Å². The summed E-state index contributed by atoms with van der Waals surface area (Å²) in [5, 5.41) is 3.24. The minimum Gasteiger partial charge on any atom is -0.482 e. The minimum absolute atomic E-state index is 0.0761. The van der Waals surface area contributed by atoms with Crippen molar-refractivity contribution in [1.29, 1.82) is 0 Å². The lowest BCUT2D eigenvalue weighted by atomic mass is 10.2. The maximum Gasteiger partial charge on any atom is 0.344 e. The predicted octanol–water partition coefficient (Wildman–Crippen LogP) is 1.75. The summed E-state index contributed by atoms with van der Waals surface area (Å²) in [6.07, 6.45) is -0.128. The number of ether oxygens (including phenoxy) is 3. The van der Waals surface area contributed by atoms with Crippen molar-refractivity contribution in [3.8, 4) is 5.75 Å². The average molecular weight is 281 g/mol. The predicted molar refractivity (Wildman–Crippen MR) is 76.7 cm³/mol. The van der Waals surface area contributed by atoms with Gasteiger partial charge in [-0.05, 0) is 19.9 Å². The van der Waals surface area contributed by atoms with Crippen LogP contribution in [-0.4, -0.2) is 38.9 Å². The van der Waals surface area contributed by atoms with E-state index in [1.807, 2.05) is 38.1 Å². The molecular formula is C15H23NO4. The Morgan fingerprint density at radius 3 is 2.75 bits per heavy atom. The van der Waals surface area contributed by atoms with E-state index < -0.39 is 0 Å². The highest BCUT2D eigenvalue weighted by Gasteiger charge is 2.08. The molecule has 0 heterocycles. The van der Waals surface area contributed by atoms with Gasteiger partial charge in [-0.1, -0.05) is 18.2 Å². The standard InChI is InChI=1S/C15H23NO4/c1-12(2)20-15(17)11-19-14-7-5-4-6-13(14)10-16-8-9-18-3/h4-7,12,16H,8-11H2,1-3H3. The van der Waals surface area contributed by atoms with Crippen molar-refractivity contribution in [2.24, 2.45) is 0 Å². The third-order valence-electron chi connectivity index (χ3n) is 2.48. The van der Waals surface area contributed by atoms with E-state index >= 15 is 0 Å². The van der Waals surface area contributed by atoms with Gasteiger partial charge in [0, 0.05) is 25.8 Å². The van der Waals surface area contributed by atoms with Crippen LogP contribution in [-0.2, 0) is 20.8 Å². The topological polar surface area (TPSA) is 56.8 Å². The zero-order chi connectivity index (χ0) is 14.8. The van der Waals surface area contributed by atoms with Gasteiger partial charge in [-0.15, -0.1) is 0 Å². The summed E-state index contributed by atoms with van der Waals surface area (Å²) in [7, 11) is 1.67. The number of benzene rings is 1. The van der Waals surface area contributed by atoms with E-state index in [0.717, 1.165) is 12.1 Å². The Morgan fingerprint density at radius 1 is 1.30 bits per heavy atom. The van der Waals surface area contributed by atoms with Crippen LogP contribution in [0, 0.1) is 0 Å². The van der Waals surface area contributed by atoms with Crippen LogP contribution in [0.2, 0.25) is 0 Å². The SMILES string of the molecule is COCCNCc1ccccc1OCC(=O)OC(C)C. The lowest BCUT2D eigenvalue weighted by molar-refractivity contribution is -0.149. The second-order valence-corrected chi connectivity index (χ2v) is 4.60. The van der Waals surface area contributed by atoms with Gasteiger partial charge in [0.25, 0.3) is 0 Å². The van der Waals surface area contributed by atoms with Gasteiger partial charge in [0.15, 0.2) is 6.61 Å².